The van der Waals surface area contributed by atoms with Gasteiger partial charge in [0.1, 0.15) is 10.6 Å². The maximum absolute atomic E-state index is 13.6. The standard InChI is InChI=1S/C11H11ClFN3O3S/c1-5-11(6(2)15-14-5)20(18,19)16-9-3-7(12)10(17)4-8(9)13/h3-4,16-17H,1-2H3,(H,14,15). The molecule has 0 aliphatic carbocycles. The maximum Gasteiger partial charge on any atom is 0.265 e. The molecule has 3 N–H and O–H groups in total. The molecule has 0 amide bonds. The molecular formula is C11H11ClFN3O3S. The Morgan fingerprint density at radius 2 is 2.05 bits per heavy atom. The largest absolute Gasteiger partial charge is 0.506 e. The maximum atomic E-state index is 13.6. The van der Waals surface area contributed by atoms with Crippen molar-refractivity contribution in [1.29, 1.82) is 0 Å². The van der Waals surface area contributed by atoms with E-state index >= 15 is 0 Å². The Bertz CT molecular complexity index is 754. The molecule has 2 rings (SSSR count). The number of hydrogen-bond acceptors (Lipinski definition) is 4. The number of aryl methyl sites for hydroxylation is 2. The van der Waals surface area contributed by atoms with Gasteiger partial charge in [-0.05, 0) is 19.9 Å². The van der Waals surface area contributed by atoms with Crippen LogP contribution in [-0.2, 0) is 10.0 Å². The molecule has 20 heavy (non-hydrogen) atoms. The van der Waals surface area contributed by atoms with Gasteiger partial charge in [-0.1, -0.05) is 11.6 Å². The molecular weight excluding hydrogens is 309 g/mol. The number of halogens is 2. The van der Waals surface area contributed by atoms with E-state index in [1.54, 1.807) is 0 Å². The van der Waals surface area contributed by atoms with Gasteiger partial charge in [0, 0.05) is 6.07 Å². The van der Waals surface area contributed by atoms with E-state index in [-0.39, 0.29) is 21.3 Å². The van der Waals surface area contributed by atoms with Crippen molar-refractivity contribution in [1.82, 2.24) is 10.2 Å². The number of benzene rings is 1. The van der Waals surface area contributed by atoms with Gasteiger partial charge in [-0.25, -0.2) is 12.8 Å². The number of H-pyrrole nitrogens is 1. The fourth-order valence-corrected chi connectivity index (χ4v) is 3.34. The molecule has 0 radical (unpaired) electrons. The molecule has 9 heteroatoms. The molecule has 0 spiro atoms. The van der Waals surface area contributed by atoms with Crippen LogP contribution in [0, 0.1) is 19.7 Å². The lowest BCUT2D eigenvalue weighted by Gasteiger charge is -2.10. The van der Waals surface area contributed by atoms with Crippen LogP contribution in [0.4, 0.5) is 10.1 Å². The Morgan fingerprint density at radius 3 is 2.60 bits per heavy atom. The summed E-state index contributed by atoms with van der Waals surface area (Å²) in [6.07, 6.45) is 0. The number of hydrogen-bond donors (Lipinski definition) is 3. The van der Waals surface area contributed by atoms with Gasteiger partial charge in [-0.3, -0.25) is 9.82 Å². The fourth-order valence-electron chi connectivity index (χ4n) is 1.75. The number of aromatic amines is 1. The van der Waals surface area contributed by atoms with E-state index in [1.807, 2.05) is 0 Å². The van der Waals surface area contributed by atoms with Crippen LogP contribution in [0.15, 0.2) is 17.0 Å². The monoisotopic (exact) mass is 319 g/mol. The summed E-state index contributed by atoms with van der Waals surface area (Å²) in [5.41, 5.74) is 0.244. The molecule has 0 saturated carbocycles. The number of phenolic OH excluding ortho intramolecular Hbond substituents is 1. The van der Waals surface area contributed by atoms with E-state index in [9.17, 15) is 17.9 Å². The Balaban J connectivity index is 2.47. The van der Waals surface area contributed by atoms with Crippen molar-refractivity contribution in [2.24, 2.45) is 0 Å². The SMILES string of the molecule is Cc1n[nH]c(C)c1S(=O)(=O)Nc1cc(Cl)c(O)cc1F. The van der Waals surface area contributed by atoms with Crippen molar-refractivity contribution in [2.75, 3.05) is 4.72 Å². The van der Waals surface area contributed by atoms with E-state index in [2.05, 4.69) is 14.9 Å². The van der Waals surface area contributed by atoms with E-state index in [0.717, 1.165) is 12.1 Å². The molecule has 0 fully saturated rings. The second-order valence-corrected chi connectivity index (χ2v) is 6.18. The molecule has 1 aromatic carbocycles. The van der Waals surface area contributed by atoms with Gasteiger partial charge in [0.2, 0.25) is 0 Å². The highest BCUT2D eigenvalue weighted by molar-refractivity contribution is 7.92. The zero-order chi connectivity index (χ0) is 15.1. The molecule has 108 valence electrons. The van der Waals surface area contributed by atoms with Crippen LogP contribution in [0.5, 0.6) is 5.75 Å². The minimum atomic E-state index is -4.01. The van der Waals surface area contributed by atoms with Gasteiger partial charge >= 0.3 is 0 Å². The third-order valence-corrected chi connectivity index (χ3v) is 4.54. The predicted molar refractivity (Wildman–Crippen MR) is 71.9 cm³/mol. The van der Waals surface area contributed by atoms with Gasteiger partial charge < -0.3 is 5.11 Å². The summed E-state index contributed by atoms with van der Waals surface area (Å²) in [4.78, 5) is -0.0545. The highest BCUT2D eigenvalue weighted by atomic mass is 35.5. The fraction of sp³-hybridized carbons (Fsp3) is 0.182. The number of nitrogens with one attached hydrogen (secondary N) is 2. The minimum absolute atomic E-state index is 0.0545. The van der Waals surface area contributed by atoms with Gasteiger partial charge in [-0.15, -0.1) is 0 Å². The number of aromatic nitrogens is 2. The summed E-state index contributed by atoms with van der Waals surface area (Å²) < 4.78 is 40.1. The molecule has 0 saturated heterocycles. The Hall–Kier alpha value is -1.80. The lowest BCUT2D eigenvalue weighted by atomic mass is 10.3. The molecule has 0 bridgehead atoms. The van der Waals surface area contributed by atoms with Crippen LogP contribution in [0.2, 0.25) is 5.02 Å². The number of aromatic hydroxyl groups is 1. The second kappa shape index (κ2) is 4.95. The number of anilines is 1. The van der Waals surface area contributed by atoms with Crippen molar-refractivity contribution in [3.05, 3.63) is 34.4 Å². The van der Waals surface area contributed by atoms with Gasteiger partial charge in [0.25, 0.3) is 10.0 Å². The average Bonchev–Trinajstić information content (AvgIpc) is 2.66. The van der Waals surface area contributed by atoms with Crippen molar-refractivity contribution >= 4 is 27.3 Å². The molecule has 1 heterocycles. The molecule has 6 nitrogen and oxygen atoms in total. The Kier molecular flexibility index (Phi) is 3.61. The second-order valence-electron chi connectivity index (χ2n) is 4.15. The lowest BCUT2D eigenvalue weighted by Crippen LogP contribution is -2.15. The summed E-state index contributed by atoms with van der Waals surface area (Å²) in [5.74, 6) is -1.41. The molecule has 0 unspecified atom stereocenters. The number of phenols is 1. The zero-order valence-corrected chi connectivity index (χ0v) is 12.1. The topological polar surface area (TPSA) is 95.1 Å². The first-order chi connectivity index (χ1) is 9.22. The first-order valence-electron chi connectivity index (χ1n) is 5.45. The van der Waals surface area contributed by atoms with Gasteiger partial charge in [0.05, 0.1) is 22.1 Å². The van der Waals surface area contributed by atoms with Crippen molar-refractivity contribution in [3.63, 3.8) is 0 Å². The van der Waals surface area contributed by atoms with Gasteiger partial charge in [0.15, 0.2) is 5.82 Å². The number of sulfonamides is 1. The first kappa shape index (κ1) is 14.6. The molecule has 2 aromatic rings. The lowest BCUT2D eigenvalue weighted by molar-refractivity contribution is 0.470. The highest BCUT2D eigenvalue weighted by Crippen LogP contribution is 2.31. The number of rotatable bonds is 3. The van der Waals surface area contributed by atoms with Gasteiger partial charge in [-0.2, -0.15) is 5.10 Å². The summed E-state index contributed by atoms with van der Waals surface area (Å²) in [6.45, 7) is 3.05. The molecule has 0 atom stereocenters. The van der Waals surface area contributed by atoms with E-state index in [0.29, 0.717) is 5.69 Å². The smallest absolute Gasteiger partial charge is 0.265 e. The normalized spacial score (nSPS) is 11.6. The zero-order valence-electron chi connectivity index (χ0n) is 10.5. The van der Waals surface area contributed by atoms with E-state index < -0.39 is 21.6 Å². The average molecular weight is 320 g/mol. The third kappa shape index (κ3) is 2.56. The van der Waals surface area contributed by atoms with Crippen molar-refractivity contribution in [3.8, 4) is 5.75 Å². The molecule has 1 aromatic heterocycles. The molecule has 0 aliphatic rings. The minimum Gasteiger partial charge on any atom is -0.506 e. The predicted octanol–water partition coefficient (Wildman–Crippen LogP) is 2.33. The van der Waals surface area contributed by atoms with Crippen LogP contribution in [0.3, 0.4) is 0 Å². The van der Waals surface area contributed by atoms with Crippen LogP contribution in [-0.4, -0.2) is 23.7 Å². The molecule has 0 aliphatic heterocycles. The van der Waals surface area contributed by atoms with Crippen molar-refractivity contribution in [2.45, 2.75) is 18.7 Å². The third-order valence-electron chi connectivity index (χ3n) is 2.61. The highest BCUT2D eigenvalue weighted by Gasteiger charge is 2.24. The number of nitrogens with zero attached hydrogens (tertiary/aromatic N) is 1. The van der Waals surface area contributed by atoms with Crippen LogP contribution < -0.4 is 4.72 Å². The Labute approximate surface area is 119 Å². The van der Waals surface area contributed by atoms with Crippen molar-refractivity contribution < 1.29 is 17.9 Å². The van der Waals surface area contributed by atoms with E-state index in [1.165, 1.54) is 13.8 Å². The summed E-state index contributed by atoms with van der Waals surface area (Å²) in [7, 11) is -4.01. The van der Waals surface area contributed by atoms with E-state index in [4.69, 9.17) is 11.6 Å². The summed E-state index contributed by atoms with van der Waals surface area (Å²) >= 11 is 5.63. The summed E-state index contributed by atoms with van der Waals surface area (Å²) in [6, 6.07) is 1.73. The quantitative estimate of drug-likeness (QED) is 0.757. The van der Waals surface area contributed by atoms with Crippen LogP contribution in [0.25, 0.3) is 0 Å². The summed E-state index contributed by atoms with van der Waals surface area (Å²) in [5, 5.41) is 15.4. The van der Waals surface area contributed by atoms with Crippen LogP contribution in [0.1, 0.15) is 11.4 Å². The first-order valence-corrected chi connectivity index (χ1v) is 7.31. The Morgan fingerprint density at radius 1 is 1.40 bits per heavy atom. The van der Waals surface area contributed by atoms with Crippen LogP contribution >= 0.6 is 11.6 Å².